The first-order chi connectivity index (χ1) is 54.9. The molecule has 3 aromatic carbocycles. The molecule has 0 aromatic heterocycles. The molecule has 0 heterocycles. The molecule has 638 valence electrons. The number of rotatable bonds is 54. The first-order valence-electron chi connectivity index (χ1n) is 38.4. The molecule has 31 N–H and O–H groups in total. The monoisotopic (exact) mass is 1620 g/mol. The Labute approximate surface area is 673 Å². The third-order valence-corrected chi connectivity index (χ3v) is 18.1. The van der Waals surface area contributed by atoms with Crippen LogP contribution in [-0.2, 0) is 96.0 Å². The highest BCUT2D eigenvalue weighted by atomic mass is 16.2. The van der Waals surface area contributed by atoms with Crippen molar-refractivity contribution in [2.45, 2.75) is 210 Å². The molecule has 0 saturated carbocycles. The summed E-state index contributed by atoms with van der Waals surface area (Å²) in [5.74, 6) is -16.0. The van der Waals surface area contributed by atoms with E-state index in [1.54, 1.807) is 119 Å². The van der Waals surface area contributed by atoms with E-state index >= 15 is 0 Å². The van der Waals surface area contributed by atoms with Gasteiger partial charge in [0.25, 0.3) is 0 Å². The molecular weight excluding hydrogens is 1500 g/mol. The van der Waals surface area contributed by atoms with Crippen LogP contribution in [0, 0.1) is 22.7 Å². The van der Waals surface area contributed by atoms with E-state index in [0.29, 0.717) is 29.5 Å². The minimum Gasteiger partial charge on any atom is -0.370 e. The number of hydrogen-bond acceptors (Lipinski definition) is 20. The van der Waals surface area contributed by atoms with Gasteiger partial charge in [0.15, 0.2) is 11.9 Å². The summed E-state index contributed by atoms with van der Waals surface area (Å²) in [4.78, 5) is 218. The van der Waals surface area contributed by atoms with Crippen LogP contribution >= 0.6 is 0 Å². The van der Waals surface area contributed by atoms with Crippen LogP contribution in [0.3, 0.4) is 0 Å². The molecule has 40 heteroatoms. The molecule has 0 aliphatic rings. The van der Waals surface area contributed by atoms with Crippen LogP contribution in [0.25, 0.3) is 0 Å². The van der Waals surface area contributed by atoms with Gasteiger partial charge in [0, 0.05) is 32.4 Å². The Bertz CT molecular complexity index is 3810. The molecule has 3 aromatic rings. The standard InChI is InChI=1S/C76H118N24O16/c1-7-43(4)62(74(116)95-52(29-20-34-87-76(84)85)68(110)98-55(66(108)88-40-60(81)103)37-47-23-13-9-14-24-47)100-70(112)50(27-17-18-32-77)93-69(111)53(30-31-58(79)101)92-61(104)41-89-63(105)44(5)90-64(106)45(6)91-71(113)54(35-42(2)3)97-67(109)51(28-19-33-86-75(82)83)94-72(114)56(38-48-25-15-10-16-26-48)99-73(115)57(39-59(80)102)96-65(107)49(78)36-46-21-11-8-12-22-46/h8-16,21-26,42-45,49-57,62H,7,17-20,27-41,77-78H2,1-6H3,(H2,79,101)(H2,80,102)(H2,81,103)(H,88,108)(H,89,105)(H,90,106)(H,91,113)(H,92,104)(H,93,111)(H,94,114)(H,95,116)(H,96,107)(H,97,109)(H,98,110)(H,99,115)(H,100,112)(H4,82,83,86)(H4,84,85,87)/t43-,44-,45-,49-,50-,51-,52-,53-,54-,55-,56-,57-,62-/m0/s1. The molecule has 0 saturated heterocycles. The third kappa shape index (κ3) is 38.4. The number of carbonyl (C=O) groups excluding carboxylic acids is 16. The molecule has 0 radical (unpaired) electrons. The molecule has 0 bridgehead atoms. The van der Waals surface area contributed by atoms with Gasteiger partial charge in [-0.1, -0.05) is 125 Å². The summed E-state index contributed by atoms with van der Waals surface area (Å²) in [6, 6.07) is 8.85. The van der Waals surface area contributed by atoms with Crippen LogP contribution in [0.1, 0.15) is 135 Å². The first kappa shape index (κ1) is 97.8. The topological polar surface area (TPSA) is 683 Å². The van der Waals surface area contributed by atoms with Crippen molar-refractivity contribution in [2.75, 3.05) is 32.7 Å². The van der Waals surface area contributed by atoms with Gasteiger partial charge in [-0.25, -0.2) is 0 Å². The predicted octanol–water partition coefficient (Wildman–Crippen LogP) is -5.98. The van der Waals surface area contributed by atoms with Crippen LogP contribution in [0.4, 0.5) is 0 Å². The van der Waals surface area contributed by atoms with Crippen LogP contribution < -0.4 is 120 Å². The van der Waals surface area contributed by atoms with Crippen molar-refractivity contribution in [1.82, 2.24) is 79.8 Å². The zero-order valence-electron chi connectivity index (χ0n) is 66.5. The number of carbonyl (C=O) groups is 16. The van der Waals surface area contributed by atoms with Crippen molar-refractivity contribution in [3.8, 4) is 0 Å². The maximum atomic E-state index is 14.5. The number of amides is 16. The second kappa shape index (κ2) is 52.1. The Hall–Kier alpha value is -12.4. The molecule has 40 nitrogen and oxygen atoms in total. The van der Waals surface area contributed by atoms with Crippen molar-refractivity contribution < 1.29 is 76.7 Å². The largest absolute Gasteiger partial charge is 0.370 e. The minimum absolute atomic E-state index is 0.0224. The van der Waals surface area contributed by atoms with Crippen molar-refractivity contribution in [3.63, 3.8) is 0 Å². The van der Waals surface area contributed by atoms with Gasteiger partial charge >= 0.3 is 0 Å². The first-order valence-corrected chi connectivity index (χ1v) is 38.4. The van der Waals surface area contributed by atoms with E-state index in [4.69, 9.17) is 51.0 Å². The lowest BCUT2D eigenvalue weighted by Crippen LogP contribution is -2.60. The van der Waals surface area contributed by atoms with E-state index in [0.717, 1.165) is 0 Å². The molecule has 3 rings (SSSR count). The van der Waals surface area contributed by atoms with Gasteiger partial charge in [-0.2, -0.15) is 0 Å². The highest BCUT2D eigenvalue weighted by Gasteiger charge is 2.38. The van der Waals surface area contributed by atoms with Crippen molar-refractivity contribution in [3.05, 3.63) is 108 Å². The Balaban J connectivity index is 1.79. The molecule has 0 fully saturated rings. The summed E-state index contributed by atoms with van der Waals surface area (Å²) in [6.45, 7) is 8.34. The predicted molar refractivity (Wildman–Crippen MR) is 429 cm³/mol. The molecule has 0 unspecified atom stereocenters. The number of unbranched alkanes of at least 4 members (excludes halogenated alkanes) is 1. The quantitative estimate of drug-likeness (QED) is 0.0142. The van der Waals surface area contributed by atoms with E-state index in [-0.39, 0.29) is 102 Å². The van der Waals surface area contributed by atoms with Gasteiger partial charge in [-0.05, 0) is 113 Å². The minimum atomic E-state index is -1.60. The van der Waals surface area contributed by atoms with Crippen LogP contribution in [0.5, 0.6) is 0 Å². The second-order valence-corrected chi connectivity index (χ2v) is 28.5. The van der Waals surface area contributed by atoms with Crippen LogP contribution in [-0.4, -0.2) is 212 Å². The van der Waals surface area contributed by atoms with Gasteiger partial charge in [-0.15, -0.1) is 0 Å². The number of hydrogen-bond donors (Lipinski definition) is 24. The van der Waals surface area contributed by atoms with E-state index in [1.165, 1.54) is 13.8 Å². The van der Waals surface area contributed by atoms with Crippen LogP contribution in [0.15, 0.2) is 91.0 Å². The summed E-state index contributed by atoms with van der Waals surface area (Å²) in [5.41, 5.74) is 41.1. The second-order valence-electron chi connectivity index (χ2n) is 28.5. The summed E-state index contributed by atoms with van der Waals surface area (Å²) >= 11 is 0. The Morgan fingerprint density at radius 3 is 1.21 bits per heavy atom. The highest BCUT2D eigenvalue weighted by Crippen LogP contribution is 2.15. The SMILES string of the molecule is CC[C@H](C)[C@H](NC(=O)[C@H](CCCCN)NC(=O)[C@H](CCC(N)=O)NC(=O)CNC(=O)[C@H](C)NC(=O)[C@H](C)NC(=O)[C@H](CC(C)C)NC(=O)[C@H](CCCNC(=N)N)NC(=O)[C@H](Cc1ccccc1)NC(=O)[C@H](CC(N)=O)NC(=O)[C@@H](N)Cc1ccccc1)C(=O)N[C@@H](CCCNC(=N)N)C(=O)N[C@@H](Cc1ccccc1)C(=O)NCC(N)=O. The van der Waals surface area contributed by atoms with Gasteiger partial charge in [0.2, 0.25) is 94.5 Å². The van der Waals surface area contributed by atoms with Gasteiger partial charge in [0.05, 0.1) is 25.6 Å². The Morgan fingerprint density at radius 2 is 0.750 bits per heavy atom. The fourth-order valence-corrected chi connectivity index (χ4v) is 11.6. The normalized spacial score (nSPS) is 14.3. The van der Waals surface area contributed by atoms with E-state index in [1.807, 2.05) is 0 Å². The zero-order chi connectivity index (χ0) is 86.6. The number of primary amides is 3. The highest BCUT2D eigenvalue weighted by molar-refractivity contribution is 6.00. The van der Waals surface area contributed by atoms with E-state index < -0.39 is 205 Å². The van der Waals surface area contributed by atoms with Crippen molar-refractivity contribution in [2.24, 2.45) is 52.0 Å². The molecule has 0 aliphatic heterocycles. The number of nitrogens with one attached hydrogen (secondary N) is 17. The number of guanidine groups is 2. The fourth-order valence-electron chi connectivity index (χ4n) is 11.6. The molecule has 16 amide bonds. The molecular formula is C76H118N24O16. The smallest absolute Gasteiger partial charge is 0.243 e. The van der Waals surface area contributed by atoms with Crippen molar-refractivity contribution in [1.29, 1.82) is 10.8 Å². The summed E-state index contributed by atoms with van der Waals surface area (Å²) < 4.78 is 0. The maximum absolute atomic E-state index is 14.5. The Morgan fingerprint density at radius 1 is 0.362 bits per heavy atom. The van der Waals surface area contributed by atoms with Crippen LogP contribution in [0.2, 0.25) is 0 Å². The molecule has 116 heavy (non-hydrogen) atoms. The molecule has 0 spiro atoms. The summed E-state index contributed by atoms with van der Waals surface area (Å²) in [7, 11) is 0. The average molecular weight is 1620 g/mol. The maximum Gasteiger partial charge on any atom is 0.243 e. The lowest BCUT2D eigenvalue weighted by atomic mass is 9.96. The summed E-state index contributed by atoms with van der Waals surface area (Å²) in [6.07, 6.45) is -0.856. The lowest BCUT2D eigenvalue weighted by Gasteiger charge is -2.29. The summed E-state index contributed by atoms with van der Waals surface area (Å²) in [5, 5.41) is 53.5. The lowest BCUT2D eigenvalue weighted by molar-refractivity contribution is -0.136. The van der Waals surface area contributed by atoms with Gasteiger partial charge < -0.3 is 120 Å². The number of benzene rings is 3. The zero-order valence-corrected chi connectivity index (χ0v) is 66.5. The third-order valence-electron chi connectivity index (χ3n) is 18.1. The Kier molecular flexibility index (Phi) is 44.0. The molecule has 0 aliphatic carbocycles. The van der Waals surface area contributed by atoms with Crippen molar-refractivity contribution >= 4 is 106 Å². The number of nitrogens with two attached hydrogens (primary N) is 7. The van der Waals surface area contributed by atoms with Gasteiger partial charge in [-0.3, -0.25) is 87.5 Å². The molecule has 13 atom stereocenters. The fraction of sp³-hybridized carbons (Fsp3) is 0.526. The van der Waals surface area contributed by atoms with E-state index in [9.17, 15) is 76.7 Å². The van der Waals surface area contributed by atoms with E-state index in [2.05, 4.69) is 79.8 Å². The average Bonchev–Trinajstić information content (AvgIpc) is 0.851. The van der Waals surface area contributed by atoms with Gasteiger partial charge in [0.1, 0.15) is 66.5 Å².